The van der Waals surface area contributed by atoms with Gasteiger partial charge in [0.15, 0.2) is 0 Å². The summed E-state index contributed by atoms with van der Waals surface area (Å²) in [6, 6.07) is 8.74. The Bertz CT molecular complexity index is 799. The molecule has 300 valence electrons. The molecule has 1 aromatic carbocycles. The summed E-state index contributed by atoms with van der Waals surface area (Å²) >= 11 is 21.8. The Kier molecular flexibility index (Phi) is 437. The molecule has 1 rings (SSSR count). The standard InChI is InChI=1S/C12H12S4.C6H14O2S2.12CO.4Fe/c13-9-15-7-5-11-1-2-12(4-3-11)6-8-16-10-14;9-5-3-7-1-2-8-4-6-10;12*1-2;;;;/h1-4H,5-8H2;9-10H,1-6H2;;;;;;;;;;;;;;;;/q-2;;;;;;;;;;;;;;;;;/p-2. The fourth-order valence-corrected chi connectivity index (χ4v) is 3.31. The zero-order valence-corrected chi connectivity index (χ0v) is 36.3. The van der Waals surface area contributed by atoms with Crippen molar-refractivity contribution in [2.45, 2.75) is 12.8 Å². The van der Waals surface area contributed by atoms with Crippen molar-refractivity contribution in [3.05, 3.63) is 115 Å². The third-order valence-electron chi connectivity index (χ3n) is 2.95. The van der Waals surface area contributed by atoms with Crippen molar-refractivity contribution in [1.82, 2.24) is 0 Å². The Labute approximate surface area is 390 Å². The molecule has 0 aromatic heterocycles. The van der Waals surface area contributed by atoms with Gasteiger partial charge in [0.25, 0.3) is 0 Å². The van der Waals surface area contributed by atoms with Gasteiger partial charge in [0, 0.05) is 81.5 Å². The second-order valence-electron chi connectivity index (χ2n) is 4.81. The summed E-state index contributed by atoms with van der Waals surface area (Å²) in [5.74, 6) is 3.33. The van der Waals surface area contributed by atoms with Crippen LogP contribution in [0.3, 0.4) is 0 Å². The molecular formula is C30H24Fe4O14S6-4. The zero-order chi connectivity index (χ0) is 43.3. The van der Waals surface area contributed by atoms with Gasteiger partial charge in [-0.3, -0.25) is 0 Å². The number of thioether (sulfide) groups is 2. The summed E-state index contributed by atoms with van der Waals surface area (Å²) < 4.78 is 105. The molecule has 0 bridgehead atoms. The van der Waals surface area contributed by atoms with Gasteiger partial charge in [0.05, 0.1) is 13.2 Å². The van der Waals surface area contributed by atoms with Crippen molar-refractivity contribution in [1.29, 1.82) is 0 Å². The molecule has 0 saturated heterocycles. The van der Waals surface area contributed by atoms with E-state index >= 15 is 0 Å². The predicted octanol–water partition coefficient (Wildman–Crippen LogP) is 3.56. The van der Waals surface area contributed by atoms with Gasteiger partial charge in [-0.15, -0.1) is 0 Å². The number of hydrogen-bond donors (Lipinski definition) is 0. The van der Waals surface area contributed by atoms with Crippen LogP contribution in [-0.2, 0) is 172 Å². The molecule has 0 amide bonds. The Morgan fingerprint density at radius 3 is 0.759 bits per heavy atom. The van der Waals surface area contributed by atoms with E-state index in [9.17, 15) is 0 Å². The van der Waals surface area contributed by atoms with Crippen molar-refractivity contribution in [2.24, 2.45) is 0 Å². The smallest absolute Gasteiger partial charge is 0.0699 e. The van der Waals surface area contributed by atoms with Crippen LogP contribution < -0.4 is 0 Å². The molecule has 0 spiro atoms. The normalized spacial score (nSPS) is 5.30. The van der Waals surface area contributed by atoms with E-state index in [0.29, 0.717) is 37.9 Å². The minimum Gasteiger partial charge on any atom is -0.790 e. The number of ether oxygens (including phenoxy) is 2. The average Bonchev–Trinajstić information content (AvgIpc) is 3.26. The quantitative estimate of drug-likeness (QED) is 0.0625. The van der Waals surface area contributed by atoms with E-state index in [1.807, 2.05) is 0 Å². The van der Waals surface area contributed by atoms with E-state index in [1.165, 1.54) is 11.1 Å². The topological polar surface area (TPSA) is 257 Å². The monoisotopic (exact) mass is 1020 g/mol. The second-order valence-corrected chi connectivity index (χ2v) is 8.36. The molecule has 0 atom stereocenters. The van der Waals surface area contributed by atoms with Gasteiger partial charge >= 0.3 is 136 Å². The van der Waals surface area contributed by atoms with Gasteiger partial charge in [0.2, 0.25) is 0 Å². The van der Waals surface area contributed by atoms with Crippen LogP contribution in [-0.4, -0.2) is 58.8 Å². The number of aryl methyl sites for hydroxylation is 2. The maximum atomic E-state index is 7.50. The van der Waals surface area contributed by atoms with Crippen LogP contribution in [0.25, 0.3) is 0 Å². The molecular weight excluding hydrogens is 1000 g/mol. The summed E-state index contributed by atoms with van der Waals surface area (Å²) in [7, 11) is 0. The number of benzene rings is 1. The Morgan fingerprint density at radius 2 is 0.611 bits per heavy atom. The Balaban J connectivity index is -0.0000000211. The molecule has 1 aromatic rings. The van der Waals surface area contributed by atoms with Crippen LogP contribution in [0.4, 0.5) is 0 Å². The average molecular weight is 1020 g/mol. The van der Waals surface area contributed by atoms with Gasteiger partial charge in [-0.2, -0.15) is 11.5 Å². The molecule has 54 heavy (non-hydrogen) atoms. The molecule has 24 heteroatoms. The van der Waals surface area contributed by atoms with Crippen LogP contribution in [0.15, 0.2) is 24.3 Å². The van der Waals surface area contributed by atoms with E-state index in [4.69, 9.17) is 65.3 Å². The van der Waals surface area contributed by atoms with Crippen molar-refractivity contribution in [3.63, 3.8) is 0 Å². The first-order chi connectivity index (χ1) is 24.8. The third-order valence-corrected chi connectivity index (χ3v) is 5.05. The van der Waals surface area contributed by atoms with Crippen molar-refractivity contribution in [2.75, 3.05) is 49.4 Å². The van der Waals surface area contributed by atoms with E-state index in [2.05, 4.69) is 163 Å². The minimum absolute atomic E-state index is 0. The van der Waals surface area contributed by atoms with Gasteiger partial charge in [-0.1, -0.05) is 24.3 Å². The van der Waals surface area contributed by atoms with Crippen LogP contribution >= 0.6 is 48.0 Å². The molecule has 0 fully saturated rings. The fraction of sp³-hybridized carbons (Fsp3) is 0.333. The third kappa shape index (κ3) is 186. The van der Waals surface area contributed by atoms with Crippen LogP contribution in [0.1, 0.15) is 11.1 Å². The number of hydrogen-bond acceptors (Lipinski definition) is 8. The van der Waals surface area contributed by atoms with Crippen LogP contribution in [0.5, 0.6) is 0 Å². The summed E-state index contributed by atoms with van der Waals surface area (Å²) in [6.45, 7) is 56.6. The molecule has 0 aliphatic rings. The largest absolute Gasteiger partial charge is 0.790 e. The summed E-state index contributed by atoms with van der Waals surface area (Å²) in [5, 5.41) is 0. The maximum Gasteiger partial charge on any atom is 0.0699 e. The summed E-state index contributed by atoms with van der Waals surface area (Å²) in [5.41, 5.74) is 2.71. The first kappa shape index (κ1) is 111. The second kappa shape index (κ2) is 213. The minimum atomic E-state index is 0. The maximum absolute atomic E-state index is 7.50. The molecule has 0 unspecified atom stereocenters. The molecule has 0 saturated carbocycles. The first-order valence-corrected chi connectivity index (χ1v) is 14.5. The summed E-state index contributed by atoms with van der Waals surface area (Å²) in [6.07, 6.45) is 2.11. The first-order valence-electron chi connectivity index (χ1n) is 10.6. The zero-order valence-electron chi connectivity index (χ0n) is 27.0. The Hall–Kier alpha value is -0.322. The SMILES string of the molecule is S=[C-]SCCc1ccc(CCS[C-]=S)cc1.[C-]#[O+].[C-]#[O+].[C-]#[O+].[C-]#[O+].[C-]#[O+].[C-]#[O+].[C-]#[O+].[C-]#[O+].[C-]#[O+].[C-]#[O+].[C-]#[O+].[C-]#[O+].[Fe].[Fe].[Fe].[Fe].[S-]CCOCCOCC[S-]. The fourth-order valence-electron chi connectivity index (χ4n) is 1.73. The summed E-state index contributed by atoms with van der Waals surface area (Å²) in [4.78, 5) is 0. The van der Waals surface area contributed by atoms with Crippen LogP contribution in [0.2, 0.25) is 0 Å². The van der Waals surface area contributed by atoms with E-state index in [0.717, 1.165) is 24.3 Å². The predicted molar refractivity (Wildman–Crippen MR) is 177 cm³/mol. The van der Waals surface area contributed by atoms with E-state index < -0.39 is 0 Å². The molecule has 14 nitrogen and oxygen atoms in total. The van der Waals surface area contributed by atoms with Crippen molar-refractivity contribution < 1.29 is 134 Å². The molecule has 0 N–H and O–H groups in total. The van der Waals surface area contributed by atoms with Gasteiger partial charge in [-0.05, 0) is 35.5 Å². The van der Waals surface area contributed by atoms with E-state index in [-0.39, 0.29) is 68.3 Å². The number of rotatable bonds is 15. The van der Waals surface area contributed by atoms with Gasteiger partial charge in [-0.25, -0.2) is 0 Å². The van der Waals surface area contributed by atoms with Gasteiger partial charge < -0.3 is 92.1 Å². The Morgan fingerprint density at radius 1 is 0.426 bits per heavy atom. The molecule has 0 radical (unpaired) electrons. The van der Waals surface area contributed by atoms with Crippen molar-refractivity contribution >= 4 is 82.6 Å². The molecule has 0 aliphatic heterocycles. The van der Waals surface area contributed by atoms with E-state index in [1.54, 1.807) is 23.5 Å². The van der Waals surface area contributed by atoms with Gasteiger partial charge in [0.1, 0.15) is 0 Å². The van der Waals surface area contributed by atoms with Crippen molar-refractivity contribution in [3.8, 4) is 0 Å². The van der Waals surface area contributed by atoms with Crippen LogP contribution in [0, 0.1) is 79.8 Å². The molecule has 0 aliphatic carbocycles. The number of thiocarbonyl (C=S) groups is 2. The molecule has 0 heterocycles.